The van der Waals surface area contributed by atoms with Gasteiger partial charge in [0.1, 0.15) is 12.1 Å². The molecular formula is C36H46NO6P. The Hall–Kier alpha value is -2.96. The zero-order valence-corrected chi connectivity index (χ0v) is 26.8. The first-order valence-electron chi connectivity index (χ1n) is 16.1. The zero-order valence-electron chi connectivity index (χ0n) is 25.9. The fraction of sp³-hybridized carbons (Fsp3) is 0.472. The monoisotopic (exact) mass is 619 g/mol. The van der Waals surface area contributed by atoms with E-state index in [1.165, 1.54) is 55.2 Å². The highest BCUT2D eigenvalue weighted by Gasteiger charge is 2.49. The van der Waals surface area contributed by atoms with E-state index in [0.717, 1.165) is 36.8 Å². The van der Waals surface area contributed by atoms with E-state index in [2.05, 4.69) is 30.4 Å². The van der Waals surface area contributed by atoms with Gasteiger partial charge in [0.15, 0.2) is 0 Å². The SMILES string of the molecule is CCCCCCCCc1ccc2c(c1)CCC(C1(COP(=O)(OCc3ccccc3)OCc3ccccc3)COC(=O)N1)C2. The van der Waals surface area contributed by atoms with Gasteiger partial charge in [-0.05, 0) is 65.8 Å². The second-order valence-electron chi connectivity index (χ2n) is 12.2. The van der Waals surface area contributed by atoms with Gasteiger partial charge < -0.3 is 10.1 Å². The molecule has 0 spiro atoms. The van der Waals surface area contributed by atoms with E-state index in [-0.39, 0.29) is 32.3 Å². The molecule has 1 heterocycles. The molecule has 2 aliphatic rings. The molecule has 1 amide bonds. The molecular weight excluding hydrogens is 573 g/mol. The van der Waals surface area contributed by atoms with E-state index in [0.29, 0.717) is 0 Å². The number of hydrogen-bond acceptors (Lipinski definition) is 6. The second-order valence-corrected chi connectivity index (χ2v) is 13.8. The maximum absolute atomic E-state index is 14.0. The van der Waals surface area contributed by atoms with Gasteiger partial charge in [0.25, 0.3) is 0 Å². The van der Waals surface area contributed by atoms with Crippen molar-refractivity contribution in [2.24, 2.45) is 5.92 Å². The largest absolute Gasteiger partial charge is 0.475 e. The number of phosphoric ester groups is 1. The van der Waals surface area contributed by atoms with Crippen molar-refractivity contribution in [1.29, 1.82) is 0 Å². The average Bonchev–Trinajstić information content (AvgIpc) is 3.46. The minimum absolute atomic E-state index is 0.0440. The van der Waals surface area contributed by atoms with Crippen LogP contribution in [0.2, 0.25) is 0 Å². The Balaban J connectivity index is 1.24. The predicted molar refractivity (Wildman–Crippen MR) is 172 cm³/mol. The lowest BCUT2D eigenvalue weighted by Crippen LogP contribution is -2.55. The highest BCUT2D eigenvalue weighted by Crippen LogP contribution is 2.52. The fourth-order valence-electron chi connectivity index (χ4n) is 6.19. The van der Waals surface area contributed by atoms with Crippen molar-refractivity contribution in [3.63, 3.8) is 0 Å². The molecule has 2 atom stereocenters. The number of amides is 1. The van der Waals surface area contributed by atoms with Crippen LogP contribution < -0.4 is 5.32 Å². The normalized spacial score (nSPS) is 19.8. The molecule has 0 saturated carbocycles. The molecule has 0 bridgehead atoms. The number of cyclic esters (lactones) is 1. The molecule has 236 valence electrons. The van der Waals surface area contributed by atoms with E-state index >= 15 is 0 Å². The smallest absolute Gasteiger partial charge is 0.447 e. The number of rotatable bonds is 17. The van der Waals surface area contributed by atoms with Gasteiger partial charge in [-0.1, -0.05) is 118 Å². The molecule has 8 heteroatoms. The summed E-state index contributed by atoms with van der Waals surface area (Å²) in [5.41, 5.74) is 4.94. The Labute approximate surface area is 262 Å². The Morgan fingerprint density at radius 3 is 2.11 bits per heavy atom. The number of carbonyl (C=O) groups excluding carboxylic acids is 1. The van der Waals surface area contributed by atoms with Crippen molar-refractivity contribution >= 4 is 13.9 Å². The molecule has 2 unspecified atom stereocenters. The molecule has 1 N–H and O–H groups in total. The van der Waals surface area contributed by atoms with Crippen LogP contribution in [0.1, 0.15) is 79.7 Å². The van der Waals surface area contributed by atoms with Crippen molar-refractivity contribution in [3.05, 3.63) is 107 Å². The van der Waals surface area contributed by atoms with E-state index < -0.39 is 19.5 Å². The van der Waals surface area contributed by atoms with E-state index in [1.54, 1.807) is 0 Å². The number of fused-ring (bicyclic) bond motifs is 1. The van der Waals surface area contributed by atoms with E-state index in [4.69, 9.17) is 18.3 Å². The molecule has 3 aromatic rings. The van der Waals surface area contributed by atoms with Crippen LogP contribution in [0.5, 0.6) is 0 Å². The molecule has 7 nitrogen and oxygen atoms in total. The fourth-order valence-corrected chi connectivity index (χ4v) is 7.42. The number of carbonyl (C=O) groups is 1. The lowest BCUT2D eigenvalue weighted by molar-refractivity contribution is 0.0543. The molecule has 44 heavy (non-hydrogen) atoms. The van der Waals surface area contributed by atoms with Crippen LogP contribution in [0.15, 0.2) is 78.9 Å². The van der Waals surface area contributed by atoms with E-state index in [1.807, 2.05) is 60.7 Å². The number of nitrogens with one attached hydrogen (secondary N) is 1. The summed E-state index contributed by atoms with van der Waals surface area (Å²) in [4.78, 5) is 12.4. The summed E-state index contributed by atoms with van der Waals surface area (Å²) in [7, 11) is -4.02. The summed E-state index contributed by atoms with van der Waals surface area (Å²) in [6, 6.07) is 25.9. The van der Waals surface area contributed by atoms with Gasteiger partial charge in [-0.15, -0.1) is 0 Å². The van der Waals surface area contributed by atoms with Crippen LogP contribution in [-0.4, -0.2) is 24.8 Å². The van der Waals surface area contributed by atoms with E-state index in [9.17, 15) is 9.36 Å². The molecule has 5 rings (SSSR count). The average molecular weight is 620 g/mol. The summed E-state index contributed by atoms with van der Waals surface area (Å²) in [6.07, 6.45) is 11.0. The maximum atomic E-state index is 14.0. The van der Waals surface area contributed by atoms with Crippen molar-refractivity contribution in [2.45, 2.75) is 89.9 Å². The third-order valence-electron chi connectivity index (χ3n) is 8.86. The number of benzene rings is 3. The van der Waals surface area contributed by atoms with Crippen LogP contribution in [0, 0.1) is 5.92 Å². The van der Waals surface area contributed by atoms with Gasteiger partial charge >= 0.3 is 13.9 Å². The first-order valence-corrected chi connectivity index (χ1v) is 17.6. The van der Waals surface area contributed by atoms with Crippen LogP contribution in [0.3, 0.4) is 0 Å². The van der Waals surface area contributed by atoms with Gasteiger partial charge in [-0.25, -0.2) is 9.36 Å². The molecule has 1 aliphatic carbocycles. The quantitative estimate of drug-likeness (QED) is 0.120. The van der Waals surface area contributed by atoms with Gasteiger partial charge in [0.2, 0.25) is 0 Å². The van der Waals surface area contributed by atoms with Crippen LogP contribution >= 0.6 is 7.82 Å². The molecule has 3 aromatic carbocycles. The summed E-state index contributed by atoms with van der Waals surface area (Å²) >= 11 is 0. The van der Waals surface area contributed by atoms with Crippen LogP contribution in [-0.2, 0) is 55.3 Å². The second kappa shape index (κ2) is 15.9. The molecule has 0 aromatic heterocycles. The third kappa shape index (κ3) is 9.04. The van der Waals surface area contributed by atoms with Crippen LogP contribution in [0.25, 0.3) is 0 Å². The molecule has 1 aliphatic heterocycles. The topological polar surface area (TPSA) is 83.1 Å². The minimum Gasteiger partial charge on any atom is -0.447 e. The third-order valence-corrected chi connectivity index (χ3v) is 10.2. The first kappa shape index (κ1) is 32.4. The highest BCUT2D eigenvalue weighted by molar-refractivity contribution is 7.48. The van der Waals surface area contributed by atoms with Gasteiger partial charge in [0.05, 0.1) is 19.8 Å². The first-order chi connectivity index (χ1) is 21.5. The Kier molecular flexibility index (Phi) is 11.7. The summed E-state index contributed by atoms with van der Waals surface area (Å²) in [6.45, 7) is 2.48. The van der Waals surface area contributed by atoms with Crippen LogP contribution in [0.4, 0.5) is 4.79 Å². The van der Waals surface area contributed by atoms with Crippen molar-refractivity contribution < 1.29 is 27.7 Å². The Morgan fingerprint density at radius 1 is 0.818 bits per heavy atom. The van der Waals surface area contributed by atoms with Crippen molar-refractivity contribution in [3.8, 4) is 0 Å². The molecule has 0 radical (unpaired) electrons. The number of unbranched alkanes of at least 4 members (excludes halogenated alkanes) is 5. The Morgan fingerprint density at radius 2 is 1.48 bits per heavy atom. The Bertz CT molecular complexity index is 1340. The summed E-state index contributed by atoms with van der Waals surface area (Å²) in [5.74, 6) is 0.0440. The number of ether oxygens (including phenoxy) is 1. The van der Waals surface area contributed by atoms with Gasteiger partial charge in [-0.3, -0.25) is 13.6 Å². The number of phosphoric acid groups is 1. The number of hydrogen-bond donors (Lipinski definition) is 1. The number of aryl methyl sites for hydroxylation is 2. The minimum atomic E-state index is -4.02. The summed E-state index contributed by atoms with van der Waals surface area (Å²) in [5, 5.41) is 3.03. The zero-order chi connectivity index (χ0) is 30.7. The van der Waals surface area contributed by atoms with Gasteiger partial charge in [-0.2, -0.15) is 0 Å². The van der Waals surface area contributed by atoms with Gasteiger partial charge in [0, 0.05) is 0 Å². The lowest BCUT2D eigenvalue weighted by Gasteiger charge is -2.38. The standard InChI is InChI=1S/C36H46NO6P/c1-2-3-4-5-6-9-14-29-19-20-33-24-34(22-21-32(33)23-29)36(27-40-35(38)37-36)28-43-44(39,41-25-30-15-10-7-11-16-30)42-26-31-17-12-8-13-18-31/h7-8,10-13,15-20,23,34H,2-6,9,14,21-22,24-28H2,1H3,(H,37,38). The molecule has 1 saturated heterocycles. The summed E-state index contributed by atoms with van der Waals surface area (Å²) < 4.78 is 37.2. The predicted octanol–water partition coefficient (Wildman–Crippen LogP) is 8.73. The molecule has 1 fully saturated rings. The lowest BCUT2D eigenvalue weighted by atomic mass is 9.73. The van der Waals surface area contributed by atoms with Crippen molar-refractivity contribution in [2.75, 3.05) is 13.2 Å². The highest BCUT2D eigenvalue weighted by atomic mass is 31.2. The maximum Gasteiger partial charge on any atom is 0.475 e. The number of alkyl carbamates (subject to hydrolysis) is 1. The van der Waals surface area contributed by atoms with Crippen molar-refractivity contribution in [1.82, 2.24) is 5.32 Å².